The van der Waals surface area contributed by atoms with Crippen molar-refractivity contribution in [3.05, 3.63) is 33.8 Å². The number of carbonyl (C=O) groups excluding carboxylic acids is 1. The van der Waals surface area contributed by atoms with Gasteiger partial charge in [0, 0.05) is 29.2 Å². The van der Waals surface area contributed by atoms with Gasteiger partial charge in [-0.25, -0.2) is 0 Å². The highest BCUT2D eigenvalue weighted by atomic mass is 35.5. The Morgan fingerprint density at radius 2 is 1.84 bits per heavy atom. The highest BCUT2D eigenvalue weighted by Gasteiger charge is 2.21. The molecule has 0 bridgehead atoms. The number of likely N-dealkylation sites (tertiary alicyclic amines) is 1. The Kier molecular flexibility index (Phi) is 5.08. The molecule has 1 heterocycles. The summed E-state index contributed by atoms with van der Waals surface area (Å²) in [7, 11) is 1.97. The minimum Gasteiger partial charge on any atom is -0.342 e. The third-order valence-corrected chi connectivity index (χ3v) is 3.97. The van der Waals surface area contributed by atoms with Crippen LogP contribution in [0, 0.1) is 0 Å². The van der Waals surface area contributed by atoms with Crippen molar-refractivity contribution in [2.75, 3.05) is 20.1 Å². The van der Waals surface area contributed by atoms with Gasteiger partial charge in [0.1, 0.15) is 0 Å². The maximum absolute atomic E-state index is 12.2. The van der Waals surface area contributed by atoms with Gasteiger partial charge in [-0.3, -0.25) is 4.79 Å². The molecule has 1 aliphatic heterocycles. The number of amides is 1. The summed E-state index contributed by atoms with van der Waals surface area (Å²) in [4.78, 5) is 14.1. The Labute approximate surface area is 123 Å². The zero-order valence-electron chi connectivity index (χ0n) is 11.0. The zero-order valence-corrected chi connectivity index (χ0v) is 12.5. The fourth-order valence-corrected chi connectivity index (χ4v) is 2.99. The van der Waals surface area contributed by atoms with E-state index in [1.54, 1.807) is 18.2 Å². The van der Waals surface area contributed by atoms with Crippen LogP contribution in [-0.2, 0) is 11.2 Å². The highest BCUT2D eigenvalue weighted by molar-refractivity contribution is 6.34. The fraction of sp³-hybridized carbons (Fsp3) is 0.500. The third kappa shape index (κ3) is 4.10. The van der Waals surface area contributed by atoms with E-state index in [9.17, 15) is 4.79 Å². The van der Waals surface area contributed by atoms with Crippen molar-refractivity contribution in [2.45, 2.75) is 25.3 Å². The van der Waals surface area contributed by atoms with Gasteiger partial charge in [-0.2, -0.15) is 0 Å². The Hall–Kier alpha value is -0.770. The monoisotopic (exact) mass is 300 g/mol. The van der Waals surface area contributed by atoms with Gasteiger partial charge >= 0.3 is 0 Å². The van der Waals surface area contributed by atoms with Crippen molar-refractivity contribution in [3.63, 3.8) is 0 Å². The summed E-state index contributed by atoms with van der Waals surface area (Å²) in [6, 6.07) is 5.80. The average Bonchev–Trinajstić information content (AvgIpc) is 2.37. The van der Waals surface area contributed by atoms with Gasteiger partial charge in [-0.05, 0) is 43.7 Å². The molecule has 5 heteroatoms. The van der Waals surface area contributed by atoms with E-state index in [0.29, 0.717) is 22.5 Å². The van der Waals surface area contributed by atoms with Crippen molar-refractivity contribution in [1.29, 1.82) is 0 Å². The normalized spacial score (nSPS) is 16.7. The van der Waals surface area contributed by atoms with E-state index in [1.807, 2.05) is 11.9 Å². The standard InChI is InChI=1S/C14H18Cl2N2O/c1-17-13-2-4-18(5-3-13)14(19)8-10-6-11(15)9-12(16)7-10/h6-7,9,13,17H,2-5,8H2,1H3. The van der Waals surface area contributed by atoms with Crippen LogP contribution in [0.5, 0.6) is 0 Å². The first-order valence-corrected chi connectivity index (χ1v) is 7.24. The summed E-state index contributed by atoms with van der Waals surface area (Å²) < 4.78 is 0. The molecule has 1 amide bonds. The van der Waals surface area contributed by atoms with Crippen molar-refractivity contribution in [2.24, 2.45) is 0 Å². The molecule has 0 saturated carbocycles. The van der Waals surface area contributed by atoms with Gasteiger partial charge < -0.3 is 10.2 Å². The molecule has 3 nitrogen and oxygen atoms in total. The Morgan fingerprint density at radius 1 is 1.26 bits per heavy atom. The second-order valence-corrected chi connectivity index (χ2v) is 5.77. The molecular weight excluding hydrogens is 283 g/mol. The summed E-state index contributed by atoms with van der Waals surface area (Å²) >= 11 is 11.9. The number of halogens is 2. The lowest BCUT2D eigenvalue weighted by molar-refractivity contribution is -0.131. The molecule has 1 aromatic carbocycles. The molecule has 1 aromatic rings. The molecule has 1 N–H and O–H groups in total. The van der Waals surface area contributed by atoms with Gasteiger partial charge in [-0.15, -0.1) is 0 Å². The number of hydrogen-bond acceptors (Lipinski definition) is 2. The molecule has 0 aliphatic carbocycles. The fourth-order valence-electron chi connectivity index (χ4n) is 2.42. The van der Waals surface area contributed by atoms with Crippen LogP contribution in [-0.4, -0.2) is 37.0 Å². The summed E-state index contributed by atoms with van der Waals surface area (Å²) in [5.41, 5.74) is 0.873. The Morgan fingerprint density at radius 3 is 2.37 bits per heavy atom. The maximum Gasteiger partial charge on any atom is 0.226 e. The van der Waals surface area contributed by atoms with Gasteiger partial charge in [0.25, 0.3) is 0 Å². The first-order chi connectivity index (χ1) is 9.08. The van der Waals surface area contributed by atoms with Crippen LogP contribution in [0.25, 0.3) is 0 Å². The van der Waals surface area contributed by atoms with E-state index < -0.39 is 0 Å². The van der Waals surface area contributed by atoms with Crippen LogP contribution in [0.1, 0.15) is 18.4 Å². The molecule has 2 rings (SSSR count). The van der Waals surface area contributed by atoms with E-state index in [0.717, 1.165) is 31.5 Å². The molecule has 1 aliphatic rings. The average molecular weight is 301 g/mol. The van der Waals surface area contributed by atoms with Gasteiger partial charge in [0.05, 0.1) is 6.42 Å². The Bertz CT molecular complexity index is 437. The smallest absolute Gasteiger partial charge is 0.226 e. The predicted molar refractivity (Wildman–Crippen MR) is 78.8 cm³/mol. The first kappa shape index (κ1) is 14.6. The second kappa shape index (κ2) is 6.60. The molecule has 0 unspecified atom stereocenters. The lowest BCUT2D eigenvalue weighted by Gasteiger charge is -2.32. The van der Waals surface area contributed by atoms with Gasteiger partial charge in [0.2, 0.25) is 5.91 Å². The van der Waals surface area contributed by atoms with Crippen LogP contribution >= 0.6 is 23.2 Å². The second-order valence-electron chi connectivity index (χ2n) is 4.90. The molecule has 104 valence electrons. The molecule has 0 atom stereocenters. The van der Waals surface area contributed by atoms with Crippen LogP contribution in [0.4, 0.5) is 0 Å². The maximum atomic E-state index is 12.2. The van der Waals surface area contributed by atoms with Crippen molar-refractivity contribution >= 4 is 29.1 Å². The predicted octanol–water partition coefficient (Wildman–Crippen LogP) is 2.75. The number of benzene rings is 1. The molecular formula is C14H18Cl2N2O. The summed E-state index contributed by atoms with van der Waals surface area (Å²) in [6.45, 7) is 1.64. The Balaban J connectivity index is 1.94. The number of carbonyl (C=O) groups is 1. The zero-order chi connectivity index (χ0) is 13.8. The van der Waals surface area contributed by atoms with E-state index in [1.165, 1.54) is 0 Å². The quantitative estimate of drug-likeness (QED) is 0.931. The van der Waals surface area contributed by atoms with Crippen LogP contribution in [0.2, 0.25) is 10.0 Å². The molecule has 0 radical (unpaired) electrons. The summed E-state index contributed by atoms with van der Waals surface area (Å²) in [6.07, 6.45) is 2.39. The lowest BCUT2D eigenvalue weighted by atomic mass is 10.0. The SMILES string of the molecule is CNC1CCN(C(=O)Cc2cc(Cl)cc(Cl)c2)CC1. The molecule has 0 spiro atoms. The van der Waals surface area contributed by atoms with Crippen LogP contribution < -0.4 is 5.32 Å². The van der Waals surface area contributed by atoms with Crippen LogP contribution in [0.15, 0.2) is 18.2 Å². The molecule has 0 aromatic heterocycles. The van der Waals surface area contributed by atoms with E-state index in [4.69, 9.17) is 23.2 Å². The minimum atomic E-state index is 0.146. The van der Waals surface area contributed by atoms with Gasteiger partial charge in [0.15, 0.2) is 0 Å². The van der Waals surface area contributed by atoms with E-state index in [-0.39, 0.29) is 5.91 Å². The minimum absolute atomic E-state index is 0.146. The van der Waals surface area contributed by atoms with Crippen molar-refractivity contribution in [1.82, 2.24) is 10.2 Å². The van der Waals surface area contributed by atoms with E-state index >= 15 is 0 Å². The number of piperidine rings is 1. The highest BCUT2D eigenvalue weighted by Crippen LogP contribution is 2.20. The van der Waals surface area contributed by atoms with Crippen molar-refractivity contribution < 1.29 is 4.79 Å². The largest absolute Gasteiger partial charge is 0.342 e. The molecule has 1 fully saturated rings. The summed E-state index contributed by atoms with van der Waals surface area (Å²) in [5, 5.41) is 4.40. The molecule has 19 heavy (non-hydrogen) atoms. The van der Waals surface area contributed by atoms with Crippen LogP contribution in [0.3, 0.4) is 0 Å². The number of rotatable bonds is 3. The first-order valence-electron chi connectivity index (χ1n) is 6.48. The van der Waals surface area contributed by atoms with Crippen molar-refractivity contribution in [3.8, 4) is 0 Å². The number of nitrogens with one attached hydrogen (secondary N) is 1. The summed E-state index contributed by atoms with van der Waals surface area (Å²) in [5.74, 6) is 0.146. The van der Waals surface area contributed by atoms with Gasteiger partial charge in [-0.1, -0.05) is 23.2 Å². The number of hydrogen-bond donors (Lipinski definition) is 1. The topological polar surface area (TPSA) is 32.3 Å². The third-order valence-electron chi connectivity index (χ3n) is 3.53. The molecule has 1 saturated heterocycles. The number of nitrogens with zero attached hydrogens (tertiary/aromatic N) is 1. The lowest BCUT2D eigenvalue weighted by Crippen LogP contribution is -2.44. The van der Waals surface area contributed by atoms with E-state index in [2.05, 4.69) is 5.32 Å².